The number of aromatic nitrogens is 4. The van der Waals surface area contributed by atoms with E-state index in [9.17, 15) is 23.1 Å². The van der Waals surface area contributed by atoms with Crippen molar-refractivity contribution < 1.29 is 27.6 Å². The Morgan fingerprint density at radius 2 is 1.87 bits per heavy atom. The molecule has 0 aliphatic carbocycles. The van der Waals surface area contributed by atoms with E-state index in [1.165, 1.54) is 17.8 Å². The van der Waals surface area contributed by atoms with Gasteiger partial charge in [0.2, 0.25) is 5.60 Å². The summed E-state index contributed by atoms with van der Waals surface area (Å²) in [5.74, 6) is -1.48. The molecule has 1 N–H and O–H groups in total. The van der Waals surface area contributed by atoms with E-state index in [0.29, 0.717) is 27.1 Å². The molecule has 3 aromatic heterocycles. The number of aliphatic hydroxyl groups is 1. The summed E-state index contributed by atoms with van der Waals surface area (Å²) in [5.41, 5.74) is -0.865. The fourth-order valence-corrected chi connectivity index (χ4v) is 3.73. The minimum absolute atomic E-state index is 0.162. The van der Waals surface area contributed by atoms with Gasteiger partial charge in [0.05, 0.1) is 17.1 Å². The van der Waals surface area contributed by atoms with Gasteiger partial charge in [0.1, 0.15) is 11.7 Å². The molecule has 1 aliphatic heterocycles. The van der Waals surface area contributed by atoms with Gasteiger partial charge >= 0.3 is 6.18 Å². The summed E-state index contributed by atoms with van der Waals surface area (Å²) in [5, 5.41) is 15.1. The molecule has 1 amide bonds. The lowest BCUT2D eigenvalue weighted by Gasteiger charge is -2.21. The average molecular weight is 451 g/mol. The topological polar surface area (TPSA) is 105 Å². The second-order valence-electron chi connectivity index (χ2n) is 6.95. The zero-order chi connectivity index (χ0) is 22.4. The number of likely N-dealkylation sites (tertiary alicyclic amines) is 1. The van der Waals surface area contributed by atoms with Crippen molar-refractivity contribution in [1.29, 1.82) is 0 Å². The van der Waals surface area contributed by atoms with Gasteiger partial charge in [-0.2, -0.15) is 13.2 Å². The van der Waals surface area contributed by atoms with Gasteiger partial charge in [-0.1, -0.05) is 23.0 Å². The number of alkyl halides is 3. The van der Waals surface area contributed by atoms with Gasteiger partial charge in [-0.3, -0.25) is 4.79 Å². The first-order chi connectivity index (χ1) is 14.6. The summed E-state index contributed by atoms with van der Waals surface area (Å²) < 4.78 is 44.7. The van der Waals surface area contributed by atoms with Crippen LogP contribution in [0.15, 0.2) is 46.2 Å². The first-order valence-corrected chi connectivity index (χ1v) is 10.2. The van der Waals surface area contributed by atoms with Crippen LogP contribution in [0, 0.1) is 0 Å². The molecule has 4 rings (SSSR count). The zero-order valence-corrected chi connectivity index (χ0v) is 17.1. The summed E-state index contributed by atoms with van der Waals surface area (Å²) in [6, 6.07) is 5.84. The molecule has 12 heteroatoms. The fraction of sp³-hybridized carbons (Fsp3) is 0.316. The maximum atomic E-state index is 13.2. The maximum Gasteiger partial charge on any atom is 0.408 e. The van der Waals surface area contributed by atoms with Crippen LogP contribution in [0.25, 0.3) is 22.8 Å². The van der Waals surface area contributed by atoms with Crippen LogP contribution in [0.1, 0.15) is 12.2 Å². The molecule has 0 unspecified atom stereocenters. The highest BCUT2D eigenvalue weighted by Gasteiger charge is 2.60. The number of hydrogen-bond acceptors (Lipinski definition) is 8. The molecule has 0 radical (unpaired) electrons. The highest BCUT2D eigenvalue weighted by Crippen LogP contribution is 2.43. The van der Waals surface area contributed by atoms with E-state index < -0.39 is 30.1 Å². The maximum absolute atomic E-state index is 13.2. The van der Waals surface area contributed by atoms with Crippen LogP contribution in [0.3, 0.4) is 0 Å². The van der Waals surface area contributed by atoms with E-state index in [0.717, 1.165) is 7.05 Å². The summed E-state index contributed by atoms with van der Waals surface area (Å²) in [7, 11) is 0.991. The molecule has 1 aliphatic rings. The minimum atomic E-state index is -4.68. The third kappa shape index (κ3) is 3.76. The highest BCUT2D eigenvalue weighted by atomic mass is 32.2. The quantitative estimate of drug-likeness (QED) is 0.477. The van der Waals surface area contributed by atoms with Crippen LogP contribution in [-0.4, -0.2) is 61.5 Å². The van der Waals surface area contributed by atoms with Crippen molar-refractivity contribution in [2.75, 3.05) is 13.3 Å². The first kappa shape index (κ1) is 21.2. The minimum Gasteiger partial charge on any atom is -0.373 e. The van der Waals surface area contributed by atoms with Crippen LogP contribution in [0.2, 0.25) is 0 Å². The van der Waals surface area contributed by atoms with Crippen molar-refractivity contribution in [3.8, 4) is 22.8 Å². The fourth-order valence-electron chi connectivity index (χ4n) is 3.37. The Morgan fingerprint density at radius 3 is 2.52 bits per heavy atom. The molecule has 0 saturated carbocycles. The van der Waals surface area contributed by atoms with Gasteiger partial charge in [0, 0.05) is 25.7 Å². The molecule has 162 valence electrons. The lowest BCUT2D eigenvalue weighted by molar-refractivity contribution is -0.177. The van der Waals surface area contributed by atoms with Crippen molar-refractivity contribution in [2.24, 2.45) is 0 Å². The number of nitrogens with zero attached hydrogens (tertiary/aromatic N) is 5. The predicted molar refractivity (Wildman–Crippen MR) is 104 cm³/mol. The summed E-state index contributed by atoms with van der Waals surface area (Å²) in [6.45, 7) is 0. The number of amides is 1. The predicted octanol–water partition coefficient (Wildman–Crippen LogP) is 2.90. The Morgan fingerprint density at radius 1 is 1.19 bits per heavy atom. The third-order valence-electron chi connectivity index (χ3n) is 5.02. The molecule has 8 nitrogen and oxygen atoms in total. The van der Waals surface area contributed by atoms with Crippen molar-refractivity contribution >= 4 is 17.7 Å². The van der Waals surface area contributed by atoms with Gasteiger partial charge < -0.3 is 14.5 Å². The number of rotatable bonds is 4. The number of halogens is 3. The van der Waals surface area contributed by atoms with Crippen LogP contribution in [-0.2, 0) is 10.4 Å². The normalized spacial score (nSPS) is 21.7. The second-order valence-corrected chi connectivity index (χ2v) is 7.72. The van der Waals surface area contributed by atoms with Gasteiger partial charge in [-0.05, 0) is 24.5 Å². The largest absolute Gasteiger partial charge is 0.408 e. The molecule has 1 saturated heterocycles. The monoisotopic (exact) mass is 451 g/mol. The zero-order valence-electron chi connectivity index (χ0n) is 16.3. The van der Waals surface area contributed by atoms with Gasteiger partial charge in [0.15, 0.2) is 10.9 Å². The smallest absolute Gasteiger partial charge is 0.373 e. The lowest BCUT2D eigenvalue weighted by atomic mass is 9.96. The van der Waals surface area contributed by atoms with Crippen LogP contribution in [0.4, 0.5) is 13.2 Å². The summed E-state index contributed by atoms with van der Waals surface area (Å²) in [4.78, 5) is 25.8. The van der Waals surface area contributed by atoms with E-state index in [4.69, 9.17) is 4.52 Å². The summed E-state index contributed by atoms with van der Waals surface area (Å²) >= 11 is 1.38. The van der Waals surface area contributed by atoms with E-state index in [2.05, 4.69) is 20.1 Å². The van der Waals surface area contributed by atoms with Crippen LogP contribution >= 0.6 is 11.8 Å². The summed E-state index contributed by atoms with van der Waals surface area (Å²) in [6.07, 6.45) is -2.12. The highest BCUT2D eigenvalue weighted by molar-refractivity contribution is 7.98. The van der Waals surface area contributed by atoms with Crippen molar-refractivity contribution in [3.63, 3.8) is 0 Å². The van der Waals surface area contributed by atoms with E-state index >= 15 is 0 Å². The molecule has 3 aromatic rings. The number of likely N-dealkylation sites (N-methyl/N-ethyl adjacent to an activating group) is 1. The average Bonchev–Trinajstić information content (AvgIpc) is 3.34. The van der Waals surface area contributed by atoms with Gasteiger partial charge in [-0.15, -0.1) is 0 Å². The molecule has 1 fully saturated rings. The van der Waals surface area contributed by atoms with E-state index in [1.807, 2.05) is 6.26 Å². The van der Waals surface area contributed by atoms with E-state index in [-0.39, 0.29) is 11.5 Å². The Balaban J connectivity index is 1.66. The first-order valence-electron chi connectivity index (χ1n) is 9.02. The second kappa shape index (κ2) is 7.61. The molecule has 0 spiro atoms. The van der Waals surface area contributed by atoms with Gasteiger partial charge in [0.25, 0.3) is 5.91 Å². The molecular weight excluding hydrogens is 435 g/mol. The third-order valence-corrected chi connectivity index (χ3v) is 5.58. The van der Waals surface area contributed by atoms with Crippen molar-refractivity contribution in [2.45, 2.75) is 29.4 Å². The Hall–Kier alpha value is -2.99. The lowest BCUT2D eigenvalue weighted by Crippen LogP contribution is -2.41. The molecule has 0 bridgehead atoms. The van der Waals surface area contributed by atoms with Crippen LogP contribution in [0.5, 0.6) is 0 Å². The number of pyridine rings is 1. The molecular formula is C19H16F3N5O3S. The molecule has 2 atom stereocenters. The van der Waals surface area contributed by atoms with Crippen molar-refractivity contribution in [1.82, 2.24) is 25.0 Å². The van der Waals surface area contributed by atoms with E-state index in [1.54, 1.807) is 30.5 Å². The SMILES string of the molecule is CSc1nccc(-c2cccc(-c3cc([C@]4(O)C[C@@H](C(F)(F)F)N(C)C4=O)on3)n2)n1. The number of carbonyl (C=O) groups is 1. The Labute approximate surface area is 178 Å². The number of carbonyl (C=O) groups excluding carboxylic acids is 1. The Bertz CT molecular complexity index is 1140. The van der Waals surface area contributed by atoms with Crippen molar-refractivity contribution in [3.05, 3.63) is 42.3 Å². The Kier molecular flexibility index (Phi) is 5.21. The number of hydrogen-bond donors (Lipinski definition) is 1. The molecule has 0 aromatic carbocycles. The van der Waals surface area contributed by atoms with Crippen LogP contribution < -0.4 is 0 Å². The number of thioether (sulfide) groups is 1. The molecule has 4 heterocycles. The molecule has 31 heavy (non-hydrogen) atoms. The standard InChI is InChI=1S/C19H16F3N5O3S/c1-27-14(19(20,21)22)9-18(29,16(27)28)15-8-13(26-30-15)11-5-3-4-10(24-11)12-6-7-23-17(25-12)31-2/h3-8,14,29H,9H2,1-2H3/t14-,18+/m0/s1. The van der Waals surface area contributed by atoms with Gasteiger partial charge in [-0.25, -0.2) is 15.0 Å².